The van der Waals surface area contributed by atoms with Gasteiger partial charge in [-0.15, -0.1) is 11.3 Å². The van der Waals surface area contributed by atoms with Gasteiger partial charge in [0.2, 0.25) is 5.89 Å². The summed E-state index contributed by atoms with van der Waals surface area (Å²) >= 11 is 1.45. The molecule has 3 heterocycles. The first kappa shape index (κ1) is 19.4. The van der Waals surface area contributed by atoms with Crippen LogP contribution in [-0.2, 0) is 12.8 Å². The van der Waals surface area contributed by atoms with Gasteiger partial charge in [0, 0.05) is 30.6 Å². The molecule has 1 aromatic carbocycles. The van der Waals surface area contributed by atoms with Crippen LogP contribution in [0.3, 0.4) is 0 Å². The maximum atomic E-state index is 12.5. The fraction of sp³-hybridized carbons (Fsp3) is 0.400. The second kappa shape index (κ2) is 9.04. The Morgan fingerprint density at radius 1 is 1.17 bits per heavy atom. The number of urea groups is 1. The first-order valence-corrected chi connectivity index (χ1v) is 10.6. The first-order chi connectivity index (χ1) is 14.2. The van der Waals surface area contributed by atoms with Crippen molar-refractivity contribution in [3.8, 4) is 0 Å². The molecule has 152 valence electrons. The number of anilines is 3. The van der Waals surface area contributed by atoms with Crippen molar-refractivity contribution in [2.45, 2.75) is 39.0 Å². The molecule has 0 aliphatic carbocycles. The van der Waals surface area contributed by atoms with Crippen LogP contribution in [0.5, 0.6) is 0 Å². The van der Waals surface area contributed by atoms with E-state index in [9.17, 15) is 4.79 Å². The molecule has 2 N–H and O–H groups in total. The molecule has 0 spiro atoms. The van der Waals surface area contributed by atoms with Gasteiger partial charge in [0.05, 0.1) is 11.4 Å². The van der Waals surface area contributed by atoms with Gasteiger partial charge in [0.25, 0.3) is 0 Å². The zero-order valence-electron chi connectivity index (χ0n) is 16.4. The van der Waals surface area contributed by atoms with Crippen LogP contribution in [0.2, 0.25) is 0 Å². The molecule has 4 rings (SSSR count). The Kier molecular flexibility index (Phi) is 6.04. The quantitative estimate of drug-likeness (QED) is 0.628. The van der Waals surface area contributed by atoms with Gasteiger partial charge in [-0.05, 0) is 50.3 Å². The van der Waals surface area contributed by atoms with Crippen LogP contribution >= 0.6 is 11.3 Å². The number of amides is 2. The molecule has 0 saturated carbocycles. The number of nitrogens with zero attached hydrogens (tertiary/aromatic N) is 4. The van der Waals surface area contributed by atoms with Crippen molar-refractivity contribution in [2.24, 2.45) is 0 Å². The summed E-state index contributed by atoms with van der Waals surface area (Å²) in [7, 11) is 0. The van der Waals surface area contributed by atoms with E-state index in [4.69, 9.17) is 4.52 Å². The molecular weight excluding hydrogens is 388 g/mol. The van der Waals surface area contributed by atoms with Crippen molar-refractivity contribution in [3.63, 3.8) is 0 Å². The molecule has 3 aromatic rings. The summed E-state index contributed by atoms with van der Waals surface area (Å²) in [6, 6.07) is 5.84. The summed E-state index contributed by atoms with van der Waals surface area (Å²) in [6.07, 6.45) is 8.18. The molecule has 8 nitrogen and oxygen atoms in total. The molecule has 0 radical (unpaired) electrons. The molecular formula is C20H24N6O2S. The highest BCUT2D eigenvalue weighted by atomic mass is 32.1. The Labute approximate surface area is 173 Å². The lowest BCUT2D eigenvalue weighted by molar-refractivity contribution is 0.262. The maximum absolute atomic E-state index is 12.5. The number of hydrogen-bond acceptors (Lipinski definition) is 7. The van der Waals surface area contributed by atoms with E-state index in [1.807, 2.05) is 12.1 Å². The van der Waals surface area contributed by atoms with Crippen molar-refractivity contribution in [3.05, 3.63) is 47.1 Å². The van der Waals surface area contributed by atoms with Crippen molar-refractivity contribution in [2.75, 3.05) is 28.6 Å². The maximum Gasteiger partial charge on any atom is 0.325 e. The third-order valence-corrected chi connectivity index (χ3v) is 5.84. The van der Waals surface area contributed by atoms with E-state index >= 15 is 0 Å². The molecule has 1 aliphatic rings. The predicted octanol–water partition coefficient (Wildman–Crippen LogP) is 4.25. The Morgan fingerprint density at radius 2 is 2.03 bits per heavy atom. The summed E-state index contributed by atoms with van der Waals surface area (Å²) < 4.78 is 5.00. The molecule has 0 bridgehead atoms. The van der Waals surface area contributed by atoms with Gasteiger partial charge in [-0.25, -0.2) is 9.78 Å². The first-order valence-electron chi connectivity index (χ1n) is 9.81. The monoisotopic (exact) mass is 412 g/mol. The number of hydrogen-bond donors (Lipinski definition) is 2. The summed E-state index contributed by atoms with van der Waals surface area (Å²) in [5.74, 6) is 0.593. The lowest BCUT2D eigenvalue weighted by Crippen LogP contribution is -2.31. The van der Waals surface area contributed by atoms with Crippen LogP contribution < -0.4 is 15.5 Å². The molecule has 2 amide bonds. The molecule has 1 aliphatic heterocycles. The summed E-state index contributed by atoms with van der Waals surface area (Å²) in [6.45, 7) is 4.12. The molecule has 0 unspecified atom stereocenters. The zero-order valence-corrected chi connectivity index (χ0v) is 17.2. The number of benzene rings is 1. The van der Waals surface area contributed by atoms with Crippen LogP contribution in [-0.4, -0.2) is 34.2 Å². The second-order valence-corrected chi connectivity index (χ2v) is 8.23. The van der Waals surface area contributed by atoms with Crippen LogP contribution in [0.25, 0.3) is 0 Å². The van der Waals surface area contributed by atoms with Gasteiger partial charge in [-0.1, -0.05) is 11.2 Å². The highest BCUT2D eigenvalue weighted by molar-refractivity contribution is 7.15. The number of carbonyl (C=O) groups excluding carboxylic acids is 1. The number of rotatable bonds is 6. The van der Waals surface area contributed by atoms with Gasteiger partial charge in [-0.2, -0.15) is 4.98 Å². The van der Waals surface area contributed by atoms with Crippen molar-refractivity contribution >= 4 is 33.9 Å². The van der Waals surface area contributed by atoms with E-state index in [0.717, 1.165) is 35.8 Å². The molecule has 9 heteroatoms. The molecule has 1 fully saturated rings. The largest absolute Gasteiger partial charge is 0.370 e. The average Bonchev–Trinajstić information content (AvgIpc) is 3.40. The van der Waals surface area contributed by atoms with E-state index in [-0.39, 0.29) is 6.03 Å². The summed E-state index contributed by atoms with van der Waals surface area (Å²) in [5, 5.41) is 9.99. The summed E-state index contributed by atoms with van der Waals surface area (Å²) in [4.78, 5) is 24.2. The van der Waals surface area contributed by atoms with Gasteiger partial charge in [0.1, 0.15) is 0 Å². The number of aryl methyl sites for hydroxylation is 3. The fourth-order valence-corrected chi connectivity index (χ4v) is 4.22. The highest BCUT2D eigenvalue weighted by Crippen LogP contribution is 2.30. The average molecular weight is 413 g/mol. The minimum Gasteiger partial charge on any atom is -0.370 e. The van der Waals surface area contributed by atoms with Crippen LogP contribution in [0.4, 0.5) is 21.3 Å². The predicted molar refractivity (Wildman–Crippen MR) is 114 cm³/mol. The number of nitrogens with one attached hydrogen (secondary N) is 2. The standard InChI is InChI=1S/C20H24N6O2S/c1-14-5-7-16(17(11-14)26-9-3-2-4-10-26)24-19(27)25-20-21-12-15(29-20)6-8-18-22-13-23-28-18/h5,7,11-13H,2-4,6,8-10H2,1H3,(H2,21,24,25,27). The lowest BCUT2D eigenvalue weighted by Gasteiger charge is -2.30. The lowest BCUT2D eigenvalue weighted by atomic mass is 10.1. The Morgan fingerprint density at radius 3 is 2.83 bits per heavy atom. The third kappa shape index (κ3) is 5.11. The van der Waals surface area contributed by atoms with Crippen molar-refractivity contribution in [1.29, 1.82) is 0 Å². The van der Waals surface area contributed by atoms with Gasteiger partial charge in [-0.3, -0.25) is 5.32 Å². The van der Waals surface area contributed by atoms with E-state index in [2.05, 4.69) is 43.6 Å². The van der Waals surface area contributed by atoms with E-state index in [0.29, 0.717) is 17.4 Å². The van der Waals surface area contributed by atoms with E-state index < -0.39 is 0 Å². The van der Waals surface area contributed by atoms with Crippen molar-refractivity contribution in [1.82, 2.24) is 15.1 Å². The highest BCUT2D eigenvalue weighted by Gasteiger charge is 2.16. The Balaban J connectivity index is 1.37. The Hall–Kier alpha value is -2.94. The van der Waals surface area contributed by atoms with E-state index in [1.165, 1.54) is 42.5 Å². The normalized spacial score (nSPS) is 14.0. The molecule has 0 atom stereocenters. The fourth-order valence-electron chi connectivity index (χ4n) is 3.41. The smallest absolute Gasteiger partial charge is 0.325 e. The number of thiazole rings is 1. The SMILES string of the molecule is Cc1ccc(NC(=O)Nc2ncc(CCc3ncno3)s2)c(N2CCCCC2)c1. The number of piperidine rings is 1. The van der Waals surface area contributed by atoms with Crippen LogP contribution in [0.1, 0.15) is 35.6 Å². The summed E-state index contributed by atoms with van der Waals surface area (Å²) in [5.41, 5.74) is 3.09. The van der Waals surface area contributed by atoms with Gasteiger partial charge >= 0.3 is 6.03 Å². The van der Waals surface area contributed by atoms with Gasteiger partial charge in [0.15, 0.2) is 11.5 Å². The molecule has 2 aromatic heterocycles. The topological polar surface area (TPSA) is 96.2 Å². The zero-order chi connectivity index (χ0) is 20.1. The van der Waals surface area contributed by atoms with Crippen LogP contribution in [0, 0.1) is 6.92 Å². The number of aromatic nitrogens is 3. The Bertz CT molecular complexity index is 950. The van der Waals surface area contributed by atoms with Crippen LogP contribution in [0.15, 0.2) is 35.2 Å². The van der Waals surface area contributed by atoms with Crippen molar-refractivity contribution < 1.29 is 9.32 Å². The second-order valence-electron chi connectivity index (χ2n) is 7.11. The van der Waals surface area contributed by atoms with Gasteiger partial charge < -0.3 is 14.7 Å². The minimum atomic E-state index is -0.287. The number of carbonyl (C=O) groups is 1. The third-order valence-electron chi connectivity index (χ3n) is 4.86. The molecule has 1 saturated heterocycles. The minimum absolute atomic E-state index is 0.287. The van der Waals surface area contributed by atoms with E-state index in [1.54, 1.807) is 6.20 Å². The molecule has 29 heavy (non-hydrogen) atoms.